The smallest absolute Gasteiger partial charge is 0.204 e. The highest BCUT2D eigenvalue weighted by molar-refractivity contribution is 6.21. The summed E-state index contributed by atoms with van der Waals surface area (Å²) in [5, 5.41) is 3.57. The molecule has 0 radical (unpaired) electrons. The van der Waals surface area contributed by atoms with Gasteiger partial charge in [0.15, 0.2) is 11.5 Å². The number of fused-ring (bicyclic) bond motifs is 1. The molecule has 1 aliphatic carbocycles. The zero-order valence-corrected chi connectivity index (χ0v) is 17.7. The van der Waals surface area contributed by atoms with Gasteiger partial charge in [-0.15, -0.1) is 6.58 Å². The summed E-state index contributed by atoms with van der Waals surface area (Å²) in [5.74, 6) is 0.753. The van der Waals surface area contributed by atoms with Gasteiger partial charge in [-0.25, -0.2) is 9.97 Å². The molecule has 0 aliphatic heterocycles. The number of anilines is 1. The zero-order valence-electron chi connectivity index (χ0n) is 17.7. The van der Waals surface area contributed by atoms with Gasteiger partial charge in [0.2, 0.25) is 11.6 Å². The van der Waals surface area contributed by atoms with Gasteiger partial charge in [-0.2, -0.15) is 0 Å². The predicted molar refractivity (Wildman–Crippen MR) is 116 cm³/mol. The Kier molecular flexibility index (Phi) is 6.99. The number of rotatable bonds is 10. The molecule has 1 N–H and O–H groups in total. The molecule has 0 spiro atoms. The lowest BCUT2D eigenvalue weighted by Gasteiger charge is -2.22. The van der Waals surface area contributed by atoms with Crippen molar-refractivity contribution in [3.8, 4) is 11.5 Å². The molecule has 0 bridgehead atoms. The molecular formula is C22H24N4O5. The van der Waals surface area contributed by atoms with Gasteiger partial charge in [-0.3, -0.25) is 9.59 Å². The molecule has 2 aromatic rings. The number of carbonyl (C=O) groups excluding carboxylic acids is 2. The summed E-state index contributed by atoms with van der Waals surface area (Å²) in [5.41, 5.74) is 1.02. The van der Waals surface area contributed by atoms with Crippen LogP contribution in [0.1, 0.15) is 0 Å². The molecular weight excluding hydrogens is 400 g/mol. The maximum atomic E-state index is 12.6. The highest BCUT2D eigenvalue weighted by Gasteiger charge is 2.23. The van der Waals surface area contributed by atoms with Crippen LogP contribution >= 0.6 is 0 Å². The van der Waals surface area contributed by atoms with E-state index in [4.69, 9.17) is 14.2 Å². The standard InChI is InChI=1S/C22H24N4O5/c1-5-6-26(2)17-12-18(27)16(10-19(17)28)25-22-14-9-20(30-4)21(31-8-7-29-3)11-15(14)23-13-24-22/h5,9-13H,1,6-8H2,2-4H3,(H,23,24,25). The first-order valence-corrected chi connectivity index (χ1v) is 9.54. The minimum Gasteiger partial charge on any atom is -0.493 e. The van der Waals surface area contributed by atoms with Gasteiger partial charge in [0.25, 0.3) is 0 Å². The molecule has 9 heteroatoms. The van der Waals surface area contributed by atoms with E-state index in [0.29, 0.717) is 53.7 Å². The Bertz CT molecular complexity index is 1080. The van der Waals surface area contributed by atoms with E-state index in [2.05, 4.69) is 21.9 Å². The van der Waals surface area contributed by atoms with Crippen LogP contribution in [0.4, 0.5) is 5.82 Å². The van der Waals surface area contributed by atoms with Crippen molar-refractivity contribution >= 4 is 28.3 Å². The van der Waals surface area contributed by atoms with Gasteiger partial charge in [0, 0.05) is 44.3 Å². The second-order valence-corrected chi connectivity index (χ2v) is 6.69. The van der Waals surface area contributed by atoms with Crippen molar-refractivity contribution in [2.45, 2.75) is 0 Å². The quantitative estimate of drug-likeness (QED) is 0.349. The Balaban J connectivity index is 1.90. The number of nitrogens with one attached hydrogen (secondary N) is 1. The minimum atomic E-state index is -0.330. The lowest BCUT2D eigenvalue weighted by atomic mass is 10.1. The van der Waals surface area contributed by atoms with E-state index in [1.54, 1.807) is 37.3 Å². The Labute approximate surface area is 180 Å². The van der Waals surface area contributed by atoms with Crippen molar-refractivity contribution in [1.82, 2.24) is 14.9 Å². The second kappa shape index (κ2) is 9.86. The fourth-order valence-electron chi connectivity index (χ4n) is 3.04. The number of nitrogens with zero attached hydrogens (tertiary/aromatic N) is 3. The fraction of sp³-hybridized carbons (Fsp3) is 0.273. The van der Waals surface area contributed by atoms with Crippen LogP contribution in [0.3, 0.4) is 0 Å². The Morgan fingerprint density at radius 3 is 2.61 bits per heavy atom. The molecule has 0 amide bonds. The van der Waals surface area contributed by atoms with Crippen LogP contribution in [0.5, 0.6) is 11.5 Å². The molecule has 0 atom stereocenters. The number of ketones is 2. The van der Waals surface area contributed by atoms with Crippen LogP contribution in [0.25, 0.3) is 10.9 Å². The predicted octanol–water partition coefficient (Wildman–Crippen LogP) is 2.11. The van der Waals surface area contributed by atoms with E-state index in [1.807, 2.05) is 0 Å². The first-order chi connectivity index (χ1) is 15.0. The van der Waals surface area contributed by atoms with Crippen LogP contribution in [-0.4, -0.2) is 67.5 Å². The Morgan fingerprint density at radius 2 is 1.90 bits per heavy atom. The Hall–Kier alpha value is -3.72. The van der Waals surface area contributed by atoms with Crippen molar-refractivity contribution in [3.05, 3.63) is 54.7 Å². The van der Waals surface area contributed by atoms with Crippen LogP contribution in [0.15, 0.2) is 54.7 Å². The molecule has 1 aliphatic rings. The number of carbonyl (C=O) groups is 2. The van der Waals surface area contributed by atoms with Crippen LogP contribution in [0, 0.1) is 0 Å². The van der Waals surface area contributed by atoms with Crippen LogP contribution in [-0.2, 0) is 14.3 Å². The highest BCUT2D eigenvalue weighted by atomic mass is 16.5. The molecule has 0 saturated heterocycles. The van der Waals surface area contributed by atoms with Gasteiger partial charge >= 0.3 is 0 Å². The topological polar surface area (TPSA) is 103 Å². The lowest BCUT2D eigenvalue weighted by molar-refractivity contribution is -0.116. The van der Waals surface area contributed by atoms with Crippen molar-refractivity contribution in [2.75, 3.05) is 46.3 Å². The maximum Gasteiger partial charge on any atom is 0.204 e. The third-order valence-electron chi connectivity index (χ3n) is 4.59. The van der Waals surface area contributed by atoms with Gasteiger partial charge in [-0.1, -0.05) is 6.08 Å². The minimum absolute atomic E-state index is 0.125. The van der Waals surface area contributed by atoms with Gasteiger partial charge < -0.3 is 24.4 Å². The average molecular weight is 424 g/mol. The number of ether oxygens (including phenoxy) is 3. The van der Waals surface area contributed by atoms with Crippen LogP contribution < -0.4 is 14.8 Å². The average Bonchev–Trinajstić information content (AvgIpc) is 2.76. The maximum absolute atomic E-state index is 12.6. The Morgan fingerprint density at radius 1 is 1.10 bits per heavy atom. The molecule has 1 aromatic carbocycles. The lowest BCUT2D eigenvalue weighted by Crippen LogP contribution is -2.28. The summed E-state index contributed by atoms with van der Waals surface area (Å²) >= 11 is 0. The number of aromatic nitrogens is 2. The number of hydrogen-bond donors (Lipinski definition) is 1. The number of methoxy groups -OCH3 is 2. The molecule has 31 heavy (non-hydrogen) atoms. The molecule has 3 rings (SSSR count). The summed E-state index contributed by atoms with van der Waals surface area (Å²) in [6.07, 6.45) is 5.60. The second-order valence-electron chi connectivity index (χ2n) is 6.69. The SMILES string of the molecule is C=CCN(C)C1=CC(=O)C(Nc2ncnc3cc(OCCOC)c(OC)cc23)=CC1=O. The molecule has 0 saturated carbocycles. The van der Waals surface area contributed by atoms with Crippen LogP contribution in [0.2, 0.25) is 0 Å². The summed E-state index contributed by atoms with van der Waals surface area (Å²) in [6.45, 7) is 4.88. The number of allylic oxidation sites excluding steroid dienone is 2. The third-order valence-corrected chi connectivity index (χ3v) is 4.59. The van der Waals surface area contributed by atoms with Crippen molar-refractivity contribution in [1.29, 1.82) is 0 Å². The van der Waals surface area contributed by atoms with E-state index in [0.717, 1.165) is 0 Å². The first-order valence-electron chi connectivity index (χ1n) is 9.54. The normalized spacial score (nSPS) is 13.5. The van der Waals surface area contributed by atoms with Crippen molar-refractivity contribution in [2.24, 2.45) is 0 Å². The zero-order chi connectivity index (χ0) is 22.4. The first kappa shape index (κ1) is 22.0. The monoisotopic (exact) mass is 424 g/mol. The van der Waals surface area contributed by atoms with Gasteiger partial charge in [0.1, 0.15) is 18.8 Å². The number of hydrogen-bond acceptors (Lipinski definition) is 9. The van der Waals surface area contributed by atoms with Gasteiger partial charge in [-0.05, 0) is 6.07 Å². The number of likely N-dealkylation sites (N-methyl/N-ethyl adjacent to an activating group) is 1. The van der Waals surface area contributed by atoms with E-state index in [9.17, 15) is 9.59 Å². The van der Waals surface area contributed by atoms with E-state index < -0.39 is 0 Å². The van der Waals surface area contributed by atoms with Crippen molar-refractivity contribution in [3.63, 3.8) is 0 Å². The summed E-state index contributed by atoms with van der Waals surface area (Å²) in [6, 6.07) is 3.44. The molecule has 0 unspecified atom stereocenters. The summed E-state index contributed by atoms with van der Waals surface area (Å²) in [7, 11) is 4.84. The molecule has 1 aromatic heterocycles. The molecule has 9 nitrogen and oxygen atoms in total. The van der Waals surface area contributed by atoms with E-state index in [1.165, 1.54) is 25.6 Å². The summed E-state index contributed by atoms with van der Waals surface area (Å²) in [4.78, 5) is 35.3. The molecule has 162 valence electrons. The van der Waals surface area contributed by atoms with Gasteiger partial charge in [0.05, 0.1) is 30.6 Å². The molecule has 1 heterocycles. The molecule has 0 fully saturated rings. The highest BCUT2D eigenvalue weighted by Crippen LogP contribution is 2.34. The van der Waals surface area contributed by atoms with E-state index in [-0.39, 0.29) is 17.3 Å². The summed E-state index contributed by atoms with van der Waals surface area (Å²) < 4.78 is 16.1. The third kappa shape index (κ3) is 4.89. The number of benzene rings is 1. The van der Waals surface area contributed by atoms with E-state index >= 15 is 0 Å². The largest absolute Gasteiger partial charge is 0.493 e. The van der Waals surface area contributed by atoms with Crippen molar-refractivity contribution < 1.29 is 23.8 Å². The fourth-order valence-corrected chi connectivity index (χ4v) is 3.04.